The van der Waals surface area contributed by atoms with Gasteiger partial charge in [-0.3, -0.25) is 9.69 Å². The first-order valence-corrected chi connectivity index (χ1v) is 8.44. The van der Waals surface area contributed by atoms with Gasteiger partial charge in [0, 0.05) is 44.7 Å². The maximum Gasteiger partial charge on any atom is 0.225 e. The van der Waals surface area contributed by atoms with Crippen molar-refractivity contribution < 1.29 is 4.79 Å². The molecule has 1 heterocycles. The normalized spacial score (nSPS) is 26.4. The van der Waals surface area contributed by atoms with E-state index in [2.05, 4.69) is 41.0 Å². The summed E-state index contributed by atoms with van der Waals surface area (Å²) < 4.78 is 0. The third-order valence-electron chi connectivity index (χ3n) is 5.00. The molecule has 0 aromatic heterocycles. The second kappa shape index (κ2) is 6.80. The average Bonchev–Trinajstić information content (AvgIpc) is 2.94. The minimum atomic E-state index is 0.179. The fourth-order valence-corrected chi connectivity index (χ4v) is 3.69. The molecule has 1 saturated heterocycles. The third kappa shape index (κ3) is 3.68. The van der Waals surface area contributed by atoms with Crippen molar-refractivity contribution in [3.8, 4) is 0 Å². The lowest BCUT2D eigenvalue weighted by molar-refractivity contribution is -0.137. The number of hydrogen-bond acceptors (Lipinski definition) is 3. The highest BCUT2D eigenvalue weighted by Crippen LogP contribution is 2.26. The Morgan fingerprint density at radius 2 is 2.00 bits per heavy atom. The van der Waals surface area contributed by atoms with Crippen LogP contribution < -0.4 is 5.73 Å². The SMILES string of the molecule is Cc1cccc(CN2CCN(C(=O)C3CCC(N)C3)CC2)c1. The van der Waals surface area contributed by atoms with Crippen molar-refractivity contribution in [1.82, 2.24) is 9.80 Å². The van der Waals surface area contributed by atoms with Crippen molar-refractivity contribution in [1.29, 1.82) is 0 Å². The van der Waals surface area contributed by atoms with Gasteiger partial charge in [0.2, 0.25) is 5.91 Å². The molecule has 2 fully saturated rings. The summed E-state index contributed by atoms with van der Waals surface area (Å²) in [6.07, 6.45) is 2.86. The van der Waals surface area contributed by atoms with Crippen molar-refractivity contribution in [2.24, 2.45) is 11.7 Å². The first-order chi connectivity index (χ1) is 10.6. The van der Waals surface area contributed by atoms with Crippen LogP contribution in [0, 0.1) is 12.8 Å². The second-order valence-corrected chi connectivity index (χ2v) is 6.86. The van der Waals surface area contributed by atoms with E-state index in [1.54, 1.807) is 0 Å². The van der Waals surface area contributed by atoms with Crippen molar-refractivity contribution in [3.05, 3.63) is 35.4 Å². The maximum absolute atomic E-state index is 12.5. The number of hydrogen-bond donors (Lipinski definition) is 1. The summed E-state index contributed by atoms with van der Waals surface area (Å²) in [5.41, 5.74) is 8.61. The molecular formula is C18H27N3O. The number of nitrogens with zero attached hydrogens (tertiary/aromatic N) is 2. The molecule has 3 rings (SSSR count). The van der Waals surface area contributed by atoms with E-state index in [4.69, 9.17) is 5.73 Å². The molecule has 1 aromatic carbocycles. The summed E-state index contributed by atoms with van der Waals surface area (Å²) in [7, 11) is 0. The Hall–Kier alpha value is -1.39. The number of aryl methyl sites for hydroxylation is 1. The Balaban J connectivity index is 1.49. The van der Waals surface area contributed by atoms with E-state index in [9.17, 15) is 4.79 Å². The molecule has 2 N–H and O–H groups in total. The van der Waals surface area contributed by atoms with Gasteiger partial charge in [-0.05, 0) is 31.7 Å². The molecule has 1 aromatic rings. The van der Waals surface area contributed by atoms with Gasteiger partial charge in [-0.25, -0.2) is 0 Å². The van der Waals surface area contributed by atoms with E-state index < -0.39 is 0 Å². The van der Waals surface area contributed by atoms with E-state index in [1.807, 2.05) is 0 Å². The minimum Gasteiger partial charge on any atom is -0.340 e. The maximum atomic E-state index is 12.5. The summed E-state index contributed by atoms with van der Waals surface area (Å²) in [5, 5.41) is 0. The molecule has 0 spiro atoms. The van der Waals surface area contributed by atoms with Gasteiger partial charge in [0.1, 0.15) is 0 Å². The zero-order valence-corrected chi connectivity index (χ0v) is 13.5. The van der Waals surface area contributed by atoms with Crippen LogP contribution in [0.4, 0.5) is 0 Å². The zero-order chi connectivity index (χ0) is 15.5. The van der Waals surface area contributed by atoms with E-state index in [1.165, 1.54) is 11.1 Å². The van der Waals surface area contributed by atoms with E-state index >= 15 is 0 Å². The molecule has 1 aliphatic carbocycles. The molecule has 0 bridgehead atoms. The molecule has 22 heavy (non-hydrogen) atoms. The molecule has 0 radical (unpaired) electrons. The molecule has 1 saturated carbocycles. The molecule has 1 aliphatic heterocycles. The van der Waals surface area contributed by atoms with Crippen LogP contribution in [0.2, 0.25) is 0 Å². The van der Waals surface area contributed by atoms with Crippen LogP contribution in [0.15, 0.2) is 24.3 Å². The highest BCUT2D eigenvalue weighted by atomic mass is 16.2. The Kier molecular flexibility index (Phi) is 4.79. The highest BCUT2D eigenvalue weighted by molar-refractivity contribution is 5.79. The topological polar surface area (TPSA) is 49.6 Å². The van der Waals surface area contributed by atoms with Gasteiger partial charge < -0.3 is 10.6 Å². The van der Waals surface area contributed by atoms with Gasteiger partial charge in [0.05, 0.1) is 0 Å². The van der Waals surface area contributed by atoms with Crippen molar-refractivity contribution in [2.75, 3.05) is 26.2 Å². The van der Waals surface area contributed by atoms with Crippen molar-refractivity contribution >= 4 is 5.91 Å². The largest absolute Gasteiger partial charge is 0.340 e. The highest BCUT2D eigenvalue weighted by Gasteiger charge is 2.32. The Morgan fingerprint density at radius 3 is 2.64 bits per heavy atom. The van der Waals surface area contributed by atoms with Gasteiger partial charge in [-0.1, -0.05) is 29.8 Å². The van der Waals surface area contributed by atoms with Crippen LogP contribution in [0.1, 0.15) is 30.4 Å². The quantitative estimate of drug-likeness (QED) is 0.925. The molecule has 2 aliphatic rings. The Morgan fingerprint density at radius 1 is 1.23 bits per heavy atom. The van der Waals surface area contributed by atoms with E-state index in [0.29, 0.717) is 5.91 Å². The van der Waals surface area contributed by atoms with E-state index in [0.717, 1.165) is 52.0 Å². The van der Waals surface area contributed by atoms with Crippen LogP contribution in [-0.2, 0) is 11.3 Å². The number of benzene rings is 1. The number of piperazine rings is 1. The molecule has 1 amide bonds. The average molecular weight is 301 g/mol. The summed E-state index contributed by atoms with van der Waals surface area (Å²) in [4.78, 5) is 17.0. The first-order valence-electron chi connectivity index (χ1n) is 8.44. The molecule has 4 heteroatoms. The Bertz CT molecular complexity index is 523. The van der Waals surface area contributed by atoms with Gasteiger partial charge in [0.15, 0.2) is 0 Å². The lowest BCUT2D eigenvalue weighted by Gasteiger charge is -2.36. The fourth-order valence-electron chi connectivity index (χ4n) is 3.69. The lowest BCUT2D eigenvalue weighted by Crippen LogP contribution is -2.49. The fraction of sp³-hybridized carbons (Fsp3) is 0.611. The number of nitrogens with two attached hydrogens (primary N) is 1. The monoisotopic (exact) mass is 301 g/mol. The number of amides is 1. The van der Waals surface area contributed by atoms with Crippen LogP contribution in [0.3, 0.4) is 0 Å². The van der Waals surface area contributed by atoms with Gasteiger partial charge >= 0.3 is 0 Å². The predicted octanol–water partition coefficient (Wildman–Crippen LogP) is 1.77. The standard InChI is InChI=1S/C18H27N3O/c1-14-3-2-4-15(11-14)13-20-7-9-21(10-8-20)18(22)16-5-6-17(19)12-16/h2-4,11,16-17H,5-10,12-13,19H2,1H3. The van der Waals surface area contributed by atoms with E-state index in [-0.39, 0.29) is 12.0 Å². The van der Waals surface area contributed by atoms with Crippen molar-refractivity contribution in [2.45, 2.75) is 38.8 Å². The molecular weight excluding hydrogens is 274 g/mol. The third-order valence-corrected chi connectivity index (χ3v) is 5.00. The van der Waals surface area contributed by atoms with Gasteiger partial charge in [-0.15, -0.1) is 0 Å². The summed E-state index contributed by atoms with van der Waals surface area (Å²) in [6, 6.07) is 8.92. The number of carbonyl (C=O) groups is 1. The lowest BCUT2D eigenvalue weighted by atomic mass is 10.1. The van der Waals surface area contributed by atoms with Crippen molar-refractivity contribution in [3.63, 3.8) is 0 Å². The van der Waals surface area contributed by atoms with Gasteiger partial charge in [-0.2, -0.15) is 0 Å². The Labute approximate surface area is 133 Å². The first kappa shape index (κ1) is 15.5. The minimum absolute atomic E-state index is 0.179. The molecule has 120 valence electrons. The number of rotatable bonds is 3. The summed E-state index contributed by atoms with van der Waals surface area (Å²) >= 11 is 0. The number of carbonyl (C=O) groups excluding carboxylic acids is 1. The summed E-state index contributed by atoms with van der Waals surface area (Å²) in [5.74, 6) is 0.515. The predicted molar refractivity (Wildman–Crippen MR) is 88.4 cm³/mol. The zero-order valence-electron chi connectivity index (χ0n) is 13.5. The van der Waals surface area contributed by atoms with Crippen LogP contribution >= 0.6 is 0 Å². The molecule has 4 nitrogen and oxygen atoms in total. The van der Waals surface area contributed by atoms with Gasteiger partial charge in [0.25, 0.3) is 0 Å². The van der Waals surface area contributed by atoms with Crippen LogP contribution in [-0.4, -0.2) is 47.9 Å². The second-order valence-electron chi connectivity index (χ2n) is 6.86. The van der Waals surface area contributed by atoms with Crippen LogP contribution in [0.5, 0.6) is 0 Å². The summed E-state index contributed by atoms with van der Waals surface area (Å²) in [6.45, 7) is 6.77. The smallest absolute Gasteiger partial charge is 0.225 e. The molecule has 2 atom stereocenters. The van der Waals surface area contributed by atoms with Crippen LogP contribution in [0.25, 0.3) is 0 Å². The molecule has 2 unspecified atom stereocenters.